The quantitative estimate of drug-likeness (QED) is 0.863. The number of carbonyl (C=O) groups is 1. The molecule has 4 nitrogen and oxygen atoms in total. The lowest BCUT2D eigenvalue weighted by Gasteiger charge is -2.31. The second-order valence-corrected chi connectivity index (χ2v) is 5.56. The third-order valence-electron chi connectivity index (χ3n) is 3.29. The van der Waals surface area contributed by atoms with Gasteiger partial charge in [0.25, 0.3) is 5.91 Å². The highest BCUT2D eigenvalue weighted by atomic mass is 32.1. The highest BCUT2D eigenvalue weighted by Gasteiger charge is 2.24. The van der Waals surface area contributed by atoms with E-state index in [1.165, 1.54) is 11.3 Å². The zero-order valence-corrected chi connectivity index (χ0v) is 12.5. The van der Waals surface area contributed by atoms with Crippen LogP contribution in [-0.4, -0.2) is 43.2 Å². The van der Waals surface area contributed by atoms with Gasteiger partial charge >= 0.3 is 0 Å². The number of amides is 1. The number of ether oxygens (including phenoxy) is 1. The second-order valence-electron chi connectivity index (χ2n) is 4.65. The van der Waals surface area contributed by atoms with Gasteiger partial charge in [-0.05, 0) is 25.8 Å². The molecule has 1 saturated heterocycles. The molecule has 1 fully saturated rings. The minimum absolute atomic E-state index is 0.0944. The van der Waals surface area contributed by atoms with Crippen LogP contribution in [0.3, 0.4) is 0 Å². The third-order valence-corrected chi connectivity index (χ3v) is 4.14. The number of piperidine rings is 1. The van der Waals surface area contributed by atoms with Gasteiger partial charge in [-0.15, -0.1) is 11.3 Å². The summed E-state index contributed by atoms with van der Waals surface area (Å²) in [6.07, 6.45) is 2.14. The van der Waals surface area contributed by atoms with Crippen LogP contribution in [-0.2, 0) is 4.74 Å². The molecule has 0 aliphatic carbocycles. The van der Waals surface area contributed by atoms with Crippen LogP contribution in [0.25, 0.3) is 0 Å². The Balaban J connectivity index is 1.93. The fourth-order valence-electron chi connectivity index (χ4n) is 2.30. The molecule has 1 aliphatic heterocycles. The molecular formula is C15H20N2O2S. The minimum atomic E-state index is 0.0944. The molecule has 0 unspecified atom stereocenters. The summed E-state index contributed by atoms with van der Waals surface area (Å²) >= 11 is 1.49. The maximum absolute atomic E-state index is 12.4. The number of rotatable bonds is 3. The summed E-state index contributed by atoms with van der Waals surface area (Å²) in [5.74, 6) is 5.86. The van der Waals surface area contributed by atoms with Crippen molar-refractivity contribution in [3.8, 4) is 11.8 Å². The first-order valence-electron chi connectivity index (χ1n) is 6.93. The van der Waals surface area contributed by atoms with Crippen LogP contribution >= 0.6 is 11.3 Å². The van der Waals surface area contributed by atoms with Crippen LogP contribution in [0.15, 0.2) is 11.4 Å². The van der Waals surface area contributed by atoms with Crippen molar-refractivity contribution in [2.24, 2.45) is 5.73 Å². The third kappa shape index (κ3) is 3.83. The molecule has 108 valence electrons. The summed E-state index contributed by atoms with van der Waals surface area (Å²) in [6.45, 7) is 4.62. The Morgan fingerprint density at radius 3 is 2.95 bits per heavy atom. The van der Waals surface area contributed by atoms with Crippen molar-refractivity contribution < 1.29 is 9.53 Å². The summed E-state index contributed by atoms with van der Waals surface area (Å²) in [5, 5.41) is 1.87. The van der Waals surface area contributed by atoms with Gasteiger partial charge in [-0.3, -0.25) is 4.79 Å². The molecule has 0 saturated carbocycles. The Morgan fingerprint density at radius 1 is 1.55 bits per heavy atom. The zero-order chi connectivity index (χ0) is 14.4. The lowest BCUT2D eigenvalue weighted by atomic mass is 10.1. The zero-order valence-electron chi connectivity index (χ0n) is 11.7. The molecule has 0 atom stereocenters. The van der Waals surface area contributed by atoms with Crippen molar-refractivity contribution in [1.29, 1.82) is 0 Å². The van der Waals surface area contributed by atoms with Gasteiger partial charge in [-0.1, -0.05) is 11.8 Å². The summed E-state index contributed by atoms with van der Waals surface area (Å²) in [7, 11) is 0. The Kier molecular flexibility index (Phi) is 5.60. The Hall–Kier alpha value is -1.35. The maximum Gasteiger partial charge on any atom is 0.254 e. The number of likely N-dealkylation sites (tertiary alicyclic amines) is 1. The number of thiophene rings is 1. The number of carbonyl (C=O) groups excluding carboxylic acids is 1. The lowest BCUT2D eigenvalue weighted by Crippen LogP contribution is -2.40. The second kappa shape index (κ2) is 7.44. The van der Waals surface area contributed by atoms with E-state index in [0.29, 0.717) is 12.6 Å². The van der Waals surface area contributed by atoms with Gasteiger partial charge in [0, 0.05) is 25.1 Å². The standard InChI is InChI=1S/C15H20N2O2S/c1-2-19-13-5-8-17(9-6-13)15(18)12-10-14(20-11-12)4-3-7-16/h10-11,13H,2,5-9,16H2,1H3. The van der Waals surface area contributed by atoms with Gasteiger partial charge in [0.1, 0.15) is 0 Å². The van der Waals surface area contributed by atoms with Gasteiger partial charge in [-0.2, -0.15) is 0 Å². The molecule has 5 heteroatoms. The van der Waals surface area contributed by atoms with Crippen LogP contribution in [0.2, 0.25) is 0 Å². The van der Waals surface area contributed by atoms with Gasteiger partial charge in [0.2, 0.25) is 0 Å². The summed E-state index contributed by atoms with van der Waals surface area (Å²) in [5.41, 5.74) is 6.07. The molecule has 2 N–H and O–H groups in total. The average Bonchev–Trinajstić information content (AvgIpc) is 2.94. The van der Waals surface area contributed by atoms with E-state index in [-0.39, 0.29) is 5.91 Å². The molecule has 20 heavy (non-hydrogen) atoms. The molecule has 0 spiro atoms. The first-order valence-corrected chi connectivity index (χ1v) is 7.81. The van der Waals surface area contributed by atoms with E-state index in [1.807, 2.05) is 23.3 Å². The molecular weight excluding hydrogens is 272 g/mol. The highest BCUT2D eigenvalue weighted by Crippen LogP contribution is 2.19. The van der Waals surface area contributed by atoms with Crippen molar-refractivity contribution >= 4 is 17.2 Å². The van der Waals surface area contributed by atoms with Gasteiger partial charge in [0.05, 0.1) is 23.1 Å². The van der Waals surface area contributed by atoms with E-state index in [2.05, 4.69) is 11.8 Å². The largest absolute Gasteiger partial charge is 0.378 e. The molecule has 0 aromatic carbocycles. The number of hydrogen-bond acceptors (Lipinski definition) is 4. The molecule has 0 bridgehead atoms. The van der Waals surface area contributed by atoms with E-state index < -0.39 is 0 Å². The Morgan fingerprint density at radius 2 is 2.30 bits per heavy atom. The average molecular weight is 292 g/mol. The van der Waals surface area contributed by atoms with Crippen LogP contribution in [0.1, 0.15) is 35.0 Å². The molecule has 1 aliphatic rings. The summed E-state index contributed by atoms with van der Waals surface area (Å²) in [6, 6.07) is 1.85. The molecule has 1 amide bonds. The lowest BCUT2D eigenvalue weighted by molar-refractivity contribution is 0.0146. The Labute approximate surface area is 123 Å². The molecule has 1 aromatic heterocycles. The van der Waals surface area contributed by atoms with Gasteiger partial charge < -0.3 is 15.4 Å². The predicted molar refractivity (Wildman–Crippen MR) is 80.8 cm³/mol. The fraction of sp³-hybridized carbons (Fsp3) is 0.533. The molecule has 2 rings (SSSR count). The van der Waals surface area contributed by atoms with E-state index in [4.69, 9.17) is 10.5 Å². The SMILES string of the molecule is CCOC1CCN(C(=O)c2csc(C#CCN)c2)CC1. The molecule has 2 heterocycles. The van der Waals surface area contributed by atoms with Crippen molar-refractivity contribution in [2.45, 2.75) is 25.9 Å². The Bertz CT molecular complexity index is 507. The highest BCUT2D eigenvalue weighted by molar-refractivity contribution is 7.10. The number of nitrogens with zero attached hydrogens (tertiary/aromatic N) is 1. The van der Waals surface area contributed by atoms with Crippen molar-refractivity contribution in [1.82, 2.24) is 4.90 Å². The smallest absolute Gasteiger partial charge is 0.254 e. The topological polar surface area (TPSA) is 55.6 Å². The summed E-state index contributed by atoms with van der Waals surface area (Å²) < 4.78 is 5.60. The van der Waals surface area contributed by atoms with Gasteiger partial charge in [0.15, 0.2) is 0 Å². The van der Waals surface area contributed by atoms with Gasteiger partial charge in [-0.25, -0.2) is 0 Å². The van der Waals surface area contributed by atoms with E-state index in [0.717, 1.165) is 43.0 Å². The normalized spacial score (nSPS) is 15.8. The van der Waals surface area contributed by atoms with Crippen molar-refractivity contribution in [3.63, 3.8) is 0 Å². The monoisotopic (exact) mass is 292 g/mol. The number of nitrogens with two attached hydrogens (primary N) is 1. The van der Waals surface area contributed by atoms with Crippen LogP contribution in [0.5, 0.6) is 0 Å². The first kappa shape index (κ1) is 15.0. The van der Waals surface area contributed by atoms with Crippen LogP contribution in [0.4, 0.5) is 0 Å². The van der Waals surface area contributed by atoms with Crippen molar-refractivity contribution in [3.05, 3.63) is 21.9 Å². The van der Waals surface area contributed by atoms with Crippen LogP contribution in [0, 0.1) is 11.8 Å². The van der Waals surface area contributed by atoms with E-state index in [9.17, 15) is 4.79 Å². The number of hydrogen-bond donors (Lipinski definition) is 1. The predicted octanol–water partition coefficient (Wildman–Crippen LogP) is 1.70. The van der Waals surface area contributed by atoms with E-state index >= 15 is 0 Å². The molecule has 0 radical (unpaired) electrons. The van der Waals surface area contributed by atoms with Crippen molar-refractivity contribution in [2.75, 3.05) is 26.2 Å². The minimum Gasteiger partial charge on any atom is -0.378 e. The van der Waals surface area contributed by atoms with Crippen LogP contribution < -0.4 is 5.73 Å². The molecule has 1 aromatic rings. The van der Waals surface area contributed by atoms with E-state index in [1.54, 1.807) is 0 Å². The fourth-order valence-corrected chi connectivity index (χ4v) is 3.04. The summed E-state index contributed by atoms with van der Waals surface area (Å²) in [4.78, 5) is 15.2. The first-order chi connectivity index (χ1) is 9.74. The maximum atomic E-state index is 12.4.